The van der Waals surface area contributed by atoms with Gasteiger partial charge in [-0.05, 0) is 113 Å². The fourth-order valence-electron chi connectivity index (χ4n) is 14.7. The van der Waals surface area contributed by atoms with Crippen LogP contribution in [0, 0.1) is 80.8 Å². The van der Waals surface area contributed by atoms with Gasteiger partial charge in [-0.3, -0.25) is 19.2 Å². The van der Waals surface area contributed by atoms with Crippen LogP contribution in [0.5, 0.6) is 0 Å². The van der Waals surface area contributed by atoms with Crippen molar-refractivity contribution in [2.24, 2.45) is 80.8 Å². The lowest BCUT2D eigenvalue weighted by Crippen LogP contribution is -2.68. The van der Waals surface area contributed by atoms with E-state index in [1.54, 1.807) is 0 Å². The third kappa shape index (κ3) is 5.82. The van der Waals surface area contributed by atoms with E-state index in [1.165, 1.54) is 14.2 Å². The van der Waals surface area contributed by atoms with Crippen molar-refractivity contribution < 1.29 is 48.2 Å². The Labute approximate surface area is 323 Å². The molecular formula is C44H68O10. The van der Waals surface area contributed by atoms with Crippen LogP contribution in [0.4, 0.5) is 0 Å². The van der Waals surface area contributed by atoms with Gasteiger partial charge in [-0.1, -0.05) is 54.4 Å². The maximum absolute atomic E-state index is 14.0. The molecule has 0 unspecified atom stereocenters. The Bertz CT molecular complexity index is 1390. The van der Waals surface area contributed by atoms with Crippen LogP contribution in [0.1, 0.15) is 145 Å². The van der Waals surface area contributed by atoms with Crippen molar-refractivity contribution in [1.82, 2.24) is 0 Å². The molecule has 6 saturated carbocycles. The first-order chi connectivity index (χ1) is 25.4. The molecule has 7 rings (SSSR count). The SMILES string of the molecule is COC(=O)[C@]1(C)CCC[C@@]2(C)[C@H]1CC[C@@H]1[C@@H]2C[C@@H](C(=O)C(C)C)CC12OOC1(C[C@H](C(=O)C(C)C)C[C@H]3[C@H]1CC[C@@H]1[C@]3(C)CCC[C@@]1(C)C(=O)OC)OO2. The highest BCUT2D eigenvalue weighted by Gasteiger charge is 2.71. The lowest BCUT2D eigenvalue weighted by molar-refractivity contribution is -0.682. The monoisotopic (exact) mass is 756 g/mol. The maximum atomic E-state index is 14.0. The van der Waals surface area contributed by atoms with Gasteiger partial charge in [-0.2, -0.15) is 19.6 Å². The zero-order valence-electron chi connectivity index (χ0n) is 34.8. The summed E-state index contributed by atoms with van der Waals surface area (Å²) in [7, 11) is 2.97. The molecule has 0 aromatic rings. The van der Waals surface area contributed by atoms with Crippen molar-refractivity contribution in [3.8, 4) is 0 Å². The summed E-state index contributed by atoms with van der Waals surface area (Å²) in [5.41, 5.74) is -1.71. The number of Topliss-reactive ketones (excluding diaryl/α,β-unsaturated/α-hetero) is 2. The molecule has 1 saturated heterocycles. The van der Waals surface area contributed by atoms with E-state index < -0.39 is 22.4 Å². The van der Waals surface area contributed by atoms with Crippen LogP contribution in [0.3, 0.4) is 0 Å². The normalized spacial score (nSPS) is 48.7. The van der Waals surface area contributed by atoms with E-state index in [-0.39, 0.29) is 93.5 Å². The Hall–Kier alpha value is -1.88. The van der Waals surface area contributed by atoms with E-state index in [1.807, 2.05) is 27.7 Å². The zero-order valence-corrected chi connectivity index (χ0v) is 34.8. The second-order valence-electron chi connectivity index (χ2n) is 20.6. The predicted molar refractivity (Wildman–Crippen MR) is 199 cm³/mol. The minimum atomic E-state index is -1.31. The van der Waals surface area contributed by atoms with E-state index in [0.29, 0.717) is 25.7 Å². The van der Waals surface area contributed by atoms with Crippen molar-refractivity contribution in [2.75, 3.05) is 14.2 Å². The largest absolute Gasteiger partial charge is 0.469 e. The summed E-state index contributed by atoms with van der Waals surface area (Å²) in [6, 6.07) is 0. The topological polar surface area (TPSA) is 124 Å². The Morgan fingerprint density at radius 3 is 1.20 bits per heavy atom. The van der Waals surface area contributed by atoms with Gasteiger partial charge in [0.2, 0.25) is 11.6 Å². The van der Waals surface area contributed by atoms with Crippen molar-refractivity contribution >= 4 is 23.5 Å². The highest BCUT2D eigenvalue weighted by Crippen LogP contribution is 2.70. The molecular weight excluding hydrogens is 688 g/mol. The Morgan fingerprint density at radius 1 is 0.537 bits per heavy atom. The third-order valence-electron chi connectivity index (χ3n) is 17.3. The molecule has 0 amide bonds. The van der Waals surface area contributed by atoms with Gasteiger partial charge >= 0.3 is 11.9 Å². The first-order valence-corrected chi connectivity index (χ1v) is 21.3. The van der Waals surface area contributed by atoms with E-state index in [9.17, 15) is 19.2 Å². The first kappa shape index (κ1) is 40.3. The molecule has 12 atom stereocenters. The minimum absolute atomic E-state index is 0.0326. The maximum Gasteiger partial charge on any atom is 0.311 e. The molecule has 0 bridgehead atoms. The number of esters is 2. The van der Waals surface area contributed by atoms with Crippen molar-refractivity contribution in [2.45, 2.75) is 157 Å². The molecule has 54 heavy (non-hydrogen) atoms. The Kier molecular flexibility index (Phi) is 10.4. The van der Waals surface area contributed by atoms with E-state index in [2.05, 4.69) is 27.7 Å². The summed E-state index contributed by atoms with van der Waals surface area (Å²) in [6.45, 7) is 16.6. The Morgan fingerprint density at radius 2 is 0.889 bits per heavy atom. The van der Waals surface area contributed by atoms with Gasteiger partial charge in [0.05, 0.1) is 25.0 Å². The summed E-state index contributed by atoms with van der Waals surface area (Å²) in [5, 5.41) is 0. The van der Waals surface area contributed by atoms with Gasteiger partial charge in [-0.25, -0.2) is 0 Å². The van der Waals surface area contributed by atoms with Crippen molar-refractivity contribution in [3.63, 3.8) is 0 Å². The van der Waals surface area contributed by atoms with Gasteiger partial charge in [-0.15, -0.1) is 0 Å². The second kappa shape index (κ2) is 13.9. The van der Waals surface area contributed by atoms with Gasteiger partial charge in [0, 0.05) is 48.3 Å². The van der Waals surface area contributed by atoms with Crippen LogP contribution in [0.15, 0.2) is 0 Å². The quantitative estimate of drug-likeness (QED) is 0.192. The average molecular weight is 757 g/mol. The Balaban J connectivity index is 1.24. The molecule has 7 aliphatic rings. The molecule has 304 valence electrons. The number of rotatable bonds is 6. The molecule has 2 spiro atoms. The molecule has 1 heterocycles. The fraction of sp³-hybridized carbons (Fsp3) is 0.909. The van der Waals surface area contributed by atoms with Crippen LogP contribution >= 0.6 is 0 Å². The lowest BCUT2D eigenvalue weighted by atomic mass is 9.42. The standard InChI is InChI=1S/C44H68O10/c1-25(2)35(45)27-21-31-29(13-15-33-39(31,5)17-11-19-41(33,7)37(47)49-9)43(23-27)51-53-44(54-52-43)24-28(36(46)26(3)4)22-32-30(44)14-16-34-40(32,6)18-12-20-42(34,8)38(48)50-10/h25-34H,11-24H2,1-10H3/t27-,28-,29-,30-,31+,32+,33-,34-,39-,40-,41-,42-,43?,44?/m1/s1. The highest BCUT2D eigenvalue weighted by molar-refractivity contribution is 5.83. The predicted octanol–water partition coefficient (Wildman–Crippen LogP) is 8.58. The van der Waals surface area contributed by atoms with Gasteiger partial charge in [0.15, 0.2) is 0 Å². The molecule has 0 aromatic carbocycles. The van der Waals surface area contributed by atoms with Crippen LogP contribution in [0.2, 0.25) is 0 Å². The number of carbonyl (C=O) groups excluding carboxylic acids is 4. The summed E-state index contributed by atoms with van der Waals surface area (Å²) < 4.78 is 10.8. The van der Waals surface area contributed by atoms with Gasteiger partial charge < -0.3 is 9.47 Å². The number of hydrogen-bond acceptors (Lipinski definition) is 10. The number of methoxy groups -OCH3 is 2. The van der Waals surface area contributed by atoms with E-state index in [0.717, 1.165) is 64.2 Å². The van der Waals surface area contributed by atoms with Crippen LogP contribution in [0.25, 0.3) is 0 Å². The van der Waals surface area contributed by atoms with Crippen LogP contribution < -0.4 is 0 Å². The fourth-order valence-corrected chi connectivity index (χ4v) is 14.7. The number of hydrogen-bond donors (Lipinski definition) is 0. The van der Waals surface area contributed by atoms with Crippen molar-refractivity contribution in [3.05, 3.63) is 0 Å². The van der Waals surface area contributed by atoms with Crippen LogP contribution in [-0.2, 0) is 48.2 Å². The summed E-state index contributed by atoms with van der Waals surface area (Å²) >= 11 is 0. The summed E-state index contributed by atoms with van der Waals surface area (Å²) in [5.74, 6) is -3.52. The molecule has 0 radical (unpaired) electrons. The smallest absolute Gasteiger partial charge is 0.311 e. The number of fused-ring (bicyclic) bond motifs is 8. The lowest BCUT2D eigenvalue weighted by Gasteiger charge is -2.66. The third-order valence-corrected chi connectivity index (χ3v) is 17.3. The number of carbonyl (C=O) groups is 4. The number of ketones is 2. The first-order valence-electron chi connectivity index (χ1n) is 21.3. The van der Waals surface area contributed by atoms with E-state index >= 15 is 0 Å². The molecule has 6 aliphatic carbocycles. The molecule has 0 N–H and O–H groups in total. The van der Waals surface area contributed by atoms with E-state index in [4.69, 9.17) is 29.0 Å². The minimum Gasteiger partial charge on any atom is -0.469 e. The second-order valence-corrected chi connectivity index (χ2v) is 20.6. The molecule has 10 nitrogen and oxygen atoms in total. The van der Waals surface area contributed by atoms with Gasteiger partial charge in [0.1, 0.15) is 11.6 Å². The molecule has 7 fully saturated rings. The van der Waals surface area contributed by atoms with Crippen LogP contribution in [-0.4, -0.2) is 49.3 Å². The van der Waals surface area contributed by atoms with Gasteiger partial charge in [0.25, 0.3) is 0 Å². The number of ether oxygens (including phenoxy) is 2. The molecule has 0 aromatic heterocycles. The summed E-state index contributed by atoms with van der Waals surface area (Å²) in [4.78, 5) is 81.9. The van der Waals surface area contributed by atoms with Crippen molar-refractivity contribution in [1.29, 1.82) is 0 Å². The zero-order chi connectivity index (χ0) is 39.2. The average Bonchev–Trinajstić information content (AvgIpc) is 3.14. The molecule has 10 heteroatoms. The highest BCUT2D eigenvalue weighted by atomic mass is 17.4. The summed E-state index contributed by atoms with van der Waals surface area (Å²) in [6.07, 6.45) is 10.4. The molecule has 1 aliphatic heterocycles.